The molecule has 0 spiro atoms. The van der Waals surface area contributed by atoms with E-state index in [1.54, 1.807) is 35.4 Å². The van der Waals surface area contributed by atoms with Crippen LogP contribution in [-0.4, -0.2) is 42.0 Å². The fraction of sp³-hybridized carbons (Fsp3) is 0.0476. The fourth-order valence-electron chi connectivity index (χ4n) is 2.81. The molecule has 0 bridgehead atoms. The summed E-state index contributed by atoms with van der Waals surface area (Å²) in [5.74, 6) is -1.06. The normalized spacial score (nSPS) is 10.1. The molecule has 4 aromatic rings. The van der Waals surface area contributed by atoms with Crippen molar-refractivity contribution in [3.63, 3.8) is 0 Å². The minimum atomic E-state index is -0.582. The Morgan fingerprint density at radius 2 is 1.81 bits per heavy atom. The van der Waals surface area contributed by atoms with Crippen molar-refractivity contribution in [1.82, 2.24) is 24.5 Å². The number of hydrogen-bond donors (Lipinski definition) is 2. The van der Waals surface area contributed by atoms with Crippen LogP contribution in [0.15, 0.2) is 72.0 Å². The minimum Gasteiger partial charge on any atom is -0.483 e. The minimum absolute atomic E-state index is 0.130. The molecule has 0 saturated carbocycles. The summed E-state index contributed by atoms with van der Waals surface area (Å²) in [6, 6.07) is 13.8. The first-order chi connectivity index (χ1) is 15.4. The van der Waals surface area contributed by atoms with Gasteiger partial charge in [-0.2, -0.15) is 5.10 Å². The Bertz CT molecular complexity index is 1300. The molecule has 0 aliphatic carbocycles. The van der Waals surface area contributed by atoms with Crippen molar-refractivity contribution < 1.29 is 19.1 Å². The standard InChI is InChI=1S/C20H15FN6O2.CH2O2/c1-26-19(28)6-5-18(25-26)13-7-14(9-15(21)8-13)20(29)24-16-3-2-4-17(10-16)27-11-22-23-12-27;2-1-3/h2-12H,1H3,(H,24,29);1H,(H,2,3). The summed E-state index contributed by atoms with van der Waals surface area (Å²) in [5, 5.41) is 21.2. The second kappa shape index (κ2) is 9.89. The second-order valence-electron chi connectivity index (χ2n) is 6.39. The maximum atomic E-state index is 14.1. The second-order valence-corrected chi connectivity index (χ2v) is 6.39. The molecular formula is C21H17FN6O4. The molecule has 2 aromatic carbocycles. The quantitative estimate of drug-likeness (QED) is 0.468. The highest BCUT2D eigenvalue weighted by molar-refractivity contribution is 6.05. The summed E-state index contributed by atoms with van der Waals surface area (Å²) in [5.41, 5.74) is 1.93. The van der Waals surface area contributed by atoms with E-state index in [0.29, 0.717) is 16.9 Å². The molecule has 2 heterocycles. The predicted octanol–water partition coefficient (Wildman–Crippen LogP) is 2.12. The molecule has 0 saturated heterocycles. The fourth-order valence-corrected chi connectivity index (χ4v) is 2.81. The Morgan fingerprint density at radius 1 is 1.09 bits per heavy atom. The lowest BCUT2D eigenvalue weighted by molar-refractivity contribution is -0.122. The van der Waals surface area contributed by atoms with Crippen molar-refractivity contribution >= 4 is 18.1 Å². The molecule has 0 radical (unpaired) electrons. The van der Waals surface area contributed by atoms with Gasteiger partial charge in [-0.15, -0.1) is 10.2 Å². The molecule has 0 fully saturated rings. The smallest absolute Gasteiger partial charge is 0.290 e. The van der Waals surface area contributed by atoms with E-state index < -0.39 is 11.7 Å². The molecular weight excluding hydrogens is 419 g/mol. The average molecular weight is 436 g/mol. The summed E-state index contributed by atoms with van der Waals surface area (Å²) in [6.07, 6.45) is 3.08. The number of benzene rings is 2. The van der Waals surface area contributed by atoms with Gasteiger partial charge in [0.1, 0.15) is 18.5 Å². The van der Waals surface area contributed by atoms with E-state index in [1.807, 2.05) is 6.07 Å². The van der Waals surface area contributed by atoms with Gasteiger partial charge in [-0.25, -0.2) is 9.07 Å². The number of rotatable bonds is 4. The van der Waals surface area contributed by atoms with Crippen LogP contribution in [0.4, 0.5) is 10.1 Å². The topological polar surface area (TPSA) is 132 Å². The predicted molar refractivity (Wildman–Crippen MR) is 113 cm³/mol. The Kier molecular flexibility index (Phi) is 6.81. The number of nitrogens with one attached hydrogen (secondary N) is 1. The van der Waals surface area contributed by atoms with E-state index in [2.05, 4.69) is 20.6 Å². The zero-order chi connectivity index (χ0) is 23.1. The maximum absolute atomic E-state index is 14.1. The molecule has 4 rings (SSSR count). The van der Waals surface area contributed by atoms with Gasteiger partial charge in [0.05, 0.1) is 11.4 Å². The number of anilines is 1. The zero-order valence-electron chi connectivity index (χ0n) is 16.7. The van der Waals surface area contributed by atoms with Crippen molar-refractivity contribution in [2.45, 2.75) is 0 Å². The third-order valence-corrected chi connectivity index (χ3v) is 4.24. The maximum Gasteiger partial charge on any atom is 0.290 e. The molecule has 162 valence electrons. The number of carbonyl (C=O) groups is 2. The van der Waals surface area contributed by atoms with E-state index in [-0.39, 0.29) is 17.6 Å². The zero-order valence-corrected chi connectivity index (χ0v) is 16.7. The van der Waals surface area contributed by atoms with Gasteiger partial charge in [-0.05, 0) is 42.5 Å². The molecule has 0 atom stereocenters. The van der Waals surface area contributed by atoms with Crippen LogP contribution in [0.1, 0.15) is 10.4 Å². The lowest BCUT2D eigenvalue weighted by Gasteiger charge is -2.09. The third kappa shape index (κ3) is 5.27. The number of nitrogens with zero attached hydrogens (tertiary/aromatic N) is 5. The summed E-state index contributed by atoms with van der Waals surface area (Å²) in [6.45, 7) is -0.250. The number of halogens is 1. The van der Waals surface area contributed by atoms with Gasteiger partial charge in [0.2, 0.25) is 0 Å². The third-order valence-electron chi connectivity index (χ3n) is 4.24. The average Bonchev–Trinajstić information content (AvgIpc) is 3.31. The summed E-state index contributed by atoms with van der Waals surface area (Å²) in [7, 11) is 1.50. The molecule has 10 nitrogen and oxygen atoms in total. The largest absolute Gasteiger partial charge is 0.483 e. The number of amides is 1. The van der Waals surface area contributed by atoms with E-state index in [4.69, 9.17) is 9.90 Å². The first kappa shape index (κ1) is 22.0. The Balaban J connectivity index is 0.000000913. The molecule has 2 N–H and O–H groups in total. The Hall–Kier alpha value is -4.67. The van der Waals surface area contributed by atoms with Crippen LogP contribution in [0.5, 0.6) is 0 Å². The SMILES string of the molecule is Cn1nc(-c2cc(F)cc(C(=O)Nc3cccc(-n4cnnc4)c3)c2)ccc1=O.O=CO. The highest BCUT2D eigenvalue weighted by atomic mass is 19.1. The van der Waals surface area contributed by atoms with Crippen LogP contribution in [0.2, 0.25) is 0 Å². The van der Waals surface area contributed by atoms with Gasteiger partial charge in [0.25, 0.3) is 17.9 Å². The first-order valence-corrected chi connectivity index (χ1v) is 9.11. The van der Waals surface area contributed by atoms with Gasteiger partial charge in [0, 0.05) is 29.9 Å². The summed E-state index contributed by atoms with van der Waals surface area (Å²) >= 11 is 0. The van der Waals surface area contributed by atoms with E-state index in [9.17, 15) is 14.0 Å². The molecule has 0 unspecified atom stereocenters. The number of aromatic nitrogens is 5. The number of carbonyl (C=O) groups excluding carboxylic acids is 1. The summed E-state index contributed by atoms with van der Waals surface area (Å²) < 4.78 is 17.0. The van der Waals surface area contributed by atoms with Gasteiger partial charge < -0.3 is 10.4 Å². The van der Waals surface area contributed by atoms with Gasteiger partial charge in [0.15, 0.2) is 0 Å². The van der Waals surface area contributed by atoms with Gasteiger partial charge in [-0.3, -0.25) is 19.0 Å². The van der Waals surface area contributed by atoms with Crippen LogP contribution in [0.3, 0.4) is 0 Å². The molecule has 32 heavy (non-hydrogen) atoms. The van der Waals surface area contributed by atoms with Gasteiger partial charge in [-0.1, -0.05) is 6.07 Å². The van der Waals surface area contributed by atoms with Crippen molar-refractivity contribution in [3.05, 3.63) is 89.0 Å². The van der Waals surface area contributed by atoms with Crippen LogP contribution in [-0.2, 0) is 11.8 Å². The van der Waals surface area contributed by atoms with Crippen LogP contribution < -0.4 is 10.9 Å². The molecule has 0 aliphatic rings. The summed E-state index contributed by atoms with van der Waals surface area (Å²) in [4.78, 5) is 32.6. The molecule has 2 aromatic heterocycles. The van der Waals surface area contributed by atoms with Crippen LogP contribution in [0, 0.1) is 5.82 Å². The van der Waals surface area contributed by atoms with E-state index >= 15 is 0 Å². The van der Waals surface area contributed by atoms with E-state index in [1.165, 1.54) is 31.3 Å². The van der Waals surface area contributed by atoms with Crippen molar-refractivity contribution in [1.29, 1.82) is 0 Å². The molecule has 11 heteroatoms. The number of aryl methyl sites for hydroxylation is 1. The van der Waals surface area contributed by atoms with Crippen LogP contribution >= 0.6 is 0 Å². The van der Waals surface area contributed by atoms with Crippen molar-refractivity contribution in [2.75, 3.05) is 5.32 Å². The van der Waals surface area contributed by atoms with Crippen molar-refractivity contribution in [2.24, 2.45) is 7.05 Å². The number of hydrogen-bond acceptors (Lipinski definition) is 6. The van der Waals surface area contributed by atoms with Crippen molar-refractivity contribution in [3.8, 4) is 16.9 Å². The van der Waals surface area contributed by atoms with Crippen LogP contribution in [0.25, 0.3) is 16.9 Å². The van der Waals surface area contributed by atoms with Gasteiger partial charge >= 0.3 is 0 Å². The first-order valence-electron chi connectivity index (χ1n) is 9.11. The monoisotopic (exact) mass is 436 g/mol. The lowest BCUT2D eigenvalue weighted by atomic mass is 10.1. The van der Waals surface area contributed by atoms with E-state index in [0.717, 1.165) is 16.4 Å². The Morgan fingerprint density at radius 3 is 2.50 bits per heavy atom. The highest BCUT2D eigenvalue weighted by Gasteiger charge is 2.12. The lowest BCUT2D eigenvalue weighted by Crippen LogP contribution is -2.18. The highest BCUT2D eigenvalue weighted by Crippen LogP contribution is 2.21. The molecule has 0 aliphatic heterocycles. The Labute approximate surface area is 180 Å². The number of carboxylic acid groups (broad SMARTS) is 1. The molecule has 1 amide bonds.